The third-order valence-corrected chi connectivity index (χ3v) is 2.74. The van der Waals surface area contributed by atoms with Gasteiger partial charge in [-0.1, -0.05) is 0 Å². The molecular weight excluding hydrogens is 194 g/mol. The molecule has 0 bridgehead atoms. The van der Waals surface area contributed by atoms with Gasteiger partial charge in [-0.05, 0) is 39.5 Å². The maximum Gasteiger partial charge on any atom is 0.323 e. The van der Waals surface area contributed by atoms with Gasteiger partial charge in [-0.25, -0.2) is 0 Å². The van der Waals surface area contributed by atoms with Gasteiger partial charge >= 0.3 is 5.97 Å². The van der Waals surface area contributed by atoms with Crippen molar-refractivity contribution < 1.29 is 14.6 Å². The van der Waals surface area contributed by atoms with Crippen molar-refractivity contribution in [3.05, 3.63) is 0 Å². The van der Waals surface area contributed by atoms with Gasteiger partial charge in [0.1, 0.15) is 5.54 Å². The highest BCUT2D eigenvalue weighted by atomic mass is 16.5. The molecule has 88 valence electrons. The van der Waals surface area contributed by atoms with Crippen LogP contribution in [0.25, 0.3) is 0 Å². The van der Waals surface area contributed by atoms with Gasteiger partial charge in [-0.15, -0.1) is 0 Å². The second-order valence-corrected chi connectivity index (χ2v) is 4.36. The van der Waals surface area contributed by atoms with Crippen LogP contribution in [-0.2, 0) is 9.53 Å². The lowest BCUT2D eigenvalue weighted by Crippen LogP contribution is -2.50. The van der Waals surface area contributed by atoms with Crippen LogP contribution in [0.5, 0.6) is 0 Å². The fraction of sp³-hybridized carbons (Fsp3) is 0.909. The molecule has 0 amide bonds. The van der Waals surface area contributed by atoms with E-state index in [-0.39, 0.29) is 0 Å². The maximum atomic E-state index is 11.1. The van der Waals surface area contributed by atoms with Crippen LogP contribution in [-0.4, -0.2) is 35.9 Å². The van der Waals surface area contributed by atoms with Crippen molar-refractivity contribution in [2.24, 2.45) is 0 Å². The van der Waals surface area contributed by atoms with E-state index >= 15 is 0 Å². The zero-order valence-corrected chi connectivity index (χ0v) is 9.58. The Labute approximate surface area is 91.0 Å². The van der Waals surface area contributed by atoms with E-state index < -0.39 is 11.5 Å². The summed E-state index contributed by atoms with van der Waals surface area (Å²) in [7, 11) is 0. The lowest BCUT2D eigenvalue weighted by atomic mass is 9.96. The van der Waals surface area contributed by atoms with E-state index in [9.17, 15) is 4.79 Å². The number of hydrogen-bond donors (Lipinski definition) is 2. The summed E-state index contributed by atoms with van der Waals surface area (Å²) in [6.45, 7) is 5.05. The van der Waals surface area contributed by atoms with E-state index in [1.54, 1.807) is 6.92 Å². The number of carboxylic acids is 1. The van der Waals surface area contributed by atoms with Gasteiger partial charge in [-0.3, -0.25) is 10.1 Å². The van der Waals surface area contributed by atoms with Crippen molar-refractivity contribution in [2.75, 3.05) is 13.2 Å². The van der Waals surface area contributed by atoms with Crippen LogP contribution in [0, 0.1) is 0 Å². The third-order valence-electron chi connectivity index (χ3n) is 2.74. The Kier molecular flexibility index (Phi) is 4.54. The molecule has 4 heteroatoms. The molecule has 0 aromatic heterocycles. The molecule has 0 aromatic carbocycles. The van der Waals surface area contributed by atoms with Crippen molar-refractivity contribution in [3.63, 3.8) is 0 Å². The van der Waals surface area contributed by atoms with Gasteiger partial charge in [-0.2, -0.15) is 0 Å². The fourth-order valence-corrected chi connectivity index (χ4v) is 1.59. The van der Waals surface area contributed by atoms with Gasteiger partial charge in [0.15, 0.2) is 0 Å². The SMILES string of the molecule is CCOCCCC(C)(NC1CC1)C(=O)O. The van der Waals surface area contributed by atoms with Crippen LogP contribution in [0.1, 0.15) is 39.5 Å². The summed E-state index contributed by atoms with van der Waals surface area (Å²) < 4.78 is 5.21. The zero-order chi connectivity index (χ0) is 11.3. The fourth-order valence-electron chi connectivity index (χ4n) is 1.59. The third kappa shape index (κ3) is 4.18. The number of carbonyl (C=O) groups is 1. The zero-order valence-electron chi connectivity index (χ0n) is 9.58. The smallest absolute Gasteiger partial charge is 0.323 e. The summed E-state index contributed by atoms with van der Waals surface area (Å²) in [6, 6.07) is 0.415. The molecule has 1 rings (SSSR count). The second-order valence-electron chi connectivity index (χ2n) is 4.36. The number of nitrogens with one attached hydrogen (secondary N) is 1. The minimum Gasteiger partial charge on any atom is -0.480 e. The summed E-state index contributed by atoms with van der Waals surface area (Å²) in [5.74, 6) is -0.758. The summed E-state index contributed by atoms with van der Waals surface area (Å²) in [4.78, 5) is 11.1. The lowest BCUT2D eigenvalue weighted by Gasteiger charge is -2.26. The second kappa shape index (κ2) is 5.47. The quantitative estimate of drug-likeness (QED) is 0.601. The molecule has 1 saturated carbocycles. The van der Waals surface area contributed by atoms with E-state index in [4.69, 9.17) is 9.84 Å². The molecule has 0 saturated heterocycles. The largest absolute Gasteiger partial charge is 0.480 e. The highest BCUT2D eigenvalue weighted by Gasteiger charge is 2.37. The van der Waals surface area contributed by atoms with Gasteiger partial charge in [0.05, 0.1) is 0 Å². The first-order valence-corrected chi connectivity index (χ1v) is 5.67. The number of aliphatic carboxylic acids is 1. The maximum absolute atomic E-state index is 11.1. The molecular formula is C11H21NO3. The molecule has 2 N–H and O–H groups in total. The average molecular weight is 215 g/mol. The van der Waals surface area contributed by atoms with Crippen LogP contribution in [0.2, 0.25) is 0 Å². The van der Waals surface area contributed by atoms with Gasteiger partial charge in [0.25, 0.3) is 0 Å². The highest BCUT2D eigenvalue weighted by Crippen LogP contribution is 2.24. The van der Waals surface area contributed by atoms with Crippen molar-refractivity contribution in [2.45, 2.75) is 51.1 Å². The first-order valence-electron chi connectivity index (χ1n) is 5.67. The predicted molar refractivity (Wildman–Crippen MR) is 57.9 cm³/mol. The van der Waals surface area contributed by atoms with Gasteiger partial charge in [0, 0.05) is 19.3 Å². The number of rotatable bonds is 8. The molecule has 1 fully saturated rings. The summed E-state index contributed by atoms with van der Waals surface area (Å²) in [5, 5.41) is 12.4. The normalized spacial score (nSPS) is 19.9. The number of carboxylic acid groups (broad SMARTS) is 1. The minimum absolute atomic E-state index is 0.415. The Bertz CT molecular complexity index is 216. The topological polar surface area (TPSA) is 58.6 Å². The van der Waals surface area contributed by atoms with Crippen LogP contribution < -0.4 is 5.32 Å². The molecule has 15 heavy (non-hydrogen) atoms. The Hall–Kier alpha value is -0.610. The number of hydrogen-bond acceptors (Lipinski definition) is 3. The summed E-state index contributed by atoms with van der Waals surface area (Å²) >= 11 is 0. The van der Waals surface area contributed by atoms with E-state index in [2.05, 4.69) is 5.32 Å². The Morgan fingerprint density at radius 1 is 1.60 bits per heavy atom. The van der Waals surface area contributed by atoms with Crippen LogP contribution in [0.4, 0.5) is 0 Å². The van der Waals surface area contributed by atoms with Gasteiger partial charge in [0.2, 0.25) is 0 Å². The monoisotopic (exact) mass is 215 g/mol. The molecule has 0 aromatic rings. The first-order chi connectivity index (χ1) is 7.08. The molecule has 4 nitrogen and oxygen atoms in total. The molecule has 0 heterocycles. The van der Waals surface area contributed by atoms with Crippen LogP contribution in [0.3, 0.4) is 0 Å². The molecule has 0 spiro atoms. The van der Waals surface area contributed by atoms with Crippen LogP contribution in [0.15, 0.2) is 0 Å². The predicted octanol–water partition coefficient (Wildman–Crippen LogP) is 1.40. The molecule has 0 aliphatic heterocycles. The van der Waals surface area contributed by atoms with E-state index in [1.165, 1.54) is 0 Å². The Morgan fingerprint density at radius 3 is 2.73 bits per heavy atom. The van der Waals surface area contributed by atoms with E-state index in [0.29, 0.717) is 25.7 Å². The standard InChI is InChI=1S/C11H21NO3/c1-3-15-8-4-7-11(2,10(13)14)12-9-5-6-9/h9,12H,3-8H2,1-2H3,(H,13,14). The van der Waals surface area contributed by atoms with Crippen molar-refractivity contribution in [3.8, 4) is 0 Å². The summed E-state index contributed by atoms with van der Waals surface area (Å²) in [5.41, 5.74) is -0.779. The highest BCUT2D eigenvalue weighted by molar-refractivity contribution is 5.78. The molecule has 1 aliphatic rings. The lowest BCUT2D eigenvalue weighted by molar-refractivity contribution is -0.144. The van der Waals surface area contributed by atoms with Crippen LogP contribution >= 0.6 is 0 Å². The first kappa shape index (κ1) is 12.5. The Balaban J connectivity index is 2.31. The van der Waals surface area contributed by atoms with E-state index in [1.807, 2.05) is 6.92 Å². The van der Waals surface area contributed by atoms with E-state index in [0.717, 1.165) is 19.3 Å². The number of ether oxygens (including phenoxy) is 1. The Morgan fingerprint density at radius 2 is 2.27 bits per heavy atom. The molecule has 1 aliphatic carbocycles. The molecule has 1 unspecified atom stereocenters. The van der Waals surface area contributed by atoms with Gasteiger partial charge < -0.3 is 9.84 Å². The minimum atomic E-state index is -0.779. The van der Waals surface area contributed by atoms with Crippen molar-refractivity contribution in [1.29, 1.82) is 0 Å². The molecule has 0 radical (unpaired) electrons. The summed E-state index contributed by atoms with van der Waals surface area (Å²) in [6.07, 6.45) is 3.62. The average Bonchev–Trinajstić information content (AvgIpc) is 2.96. The van der Waals surface area contributed by atoms with Crippen molar-refractivity contribution in [1.82, 2.24) is 5.32 Å². The van der Waals surface area contributed by atoms with Crippen molar-refractivity contribution >= 4 is 5.97 Å². The molecule has 1 atom stereocenters.